The van der Waals surface area contributed by atoms with Gasteiger partial charge < -0.3 is 9.64 Å². The average Bonchev–Trinajstić information content (AvgIpc) is 2.47. The van der Waals surface area contributed by atoms with E-state index in [0.717, 1.165) is 3.57 Å². The van der Waals surface area contributed by atoms with Crippen LogP contribution in [0.25, 0.3) is 0 Å². The van der Waals surface area contributed by atoms with Crippen LogP contribution in [0.4, 0.5) is 4.39 Å². The molecule has 21 heavy (non-hydrogen) atoms. The molecule has 0 radical (unpaired) electrons. The SMILES string of the molecule is CN(Cc1ccccc1F)C(=O)COc1cccc(I)c1. The van der Waals surface area contributed by atoms with Gasteiger partial charge in [-0.2, -0.15) is 0 Å². The number of hydrogen-bond acceptors (Lipinski definition) is 2. The number of halogens is 2. The van der Waals surface area contributed by atoms with Crippen LogP contribution in [0.5, 0.6) is 5.75 Å². The quantitative estimate of drug-likeness (QED) is 0.721. The summed E-state index contributed by atoms with van der Waals surface area (Å²) in [7, 11) is 1.63. The highest BCUT2D eigenvalue weighted by molar-refractivity contribution is 14.1. The van der Waals surface area contributed by atoms with Gasteiger partial charge in [0, 0.05) is 22.7 Å². The van der Waals surface area contributed by atoms with E-state index in [9.17, 15) is 9.18 Å². The molecule has 110 valence electrons. The molecule has 0 saturated heterocycles. The number of likely N-dealkylation sites (N-methyl/N-ethyl adjacent to an activating group) is 1. The van der Waals surface area contributed by atoms with Gasteiger partial charge in [0.05, 0.1) is 0 Å². The van der Waals surface area contributed by atoms with E-state index in [0.29, 0.717) is 11.3 Å². The van der Waals surface area contributed by atoms with Crippen molar-refractivity contribution in [3.63, 3.8) is 0 Å². The average molecular weight is 399 g/mol. The Morgan fingerprint density at radius 2 is 2.00 bits per heavy atom. The third kappa shape index (κ3) is 4.70. The number of nitrogens with zero attached hydrogens (tertiary/aromatic N) is 1. The molecule has 0 unspecified atom stereocenters. The summed E-state index contributed by atoms with van der Waals surface area (Å²) in [5.41, 5.74) is 0.489. The zero-order valence-electron chi connectivity index (χ0n) is 11.6. The maximum absolute atomic E-state index is 13.5. The fourth-order valence-corrected chi connectivity index (χ4v) is 2.30. The number of amides is 1. The molecule has 1 amide bonds. The lowest BCUT2D eigenvalue weighted by atomic mass is 10.2. The zero-order valence-corrected chi connectivity index (χ0v) is 13.7. The molecule has 0 spiro atoms. The summed E-state index contributed by atoms with van der Waals surface area (Å²) < 4.78 is 20.0. The van der Waals surface area contributed by atoms with Crippen molar-refractivity contribution in [2.45, 2.75) is 6.54 Å². The Balaban J connectivity index is 1.90. The van der Waals surface area contributed by atoms with Gasteiger partial charge in [0.1, 0.15) is 11.6 Å². The Morgan fingerprint density at radius 3 is 2.71 bits per heavy atom. The largest absolute Gasteiger partial charge is 0.484 e. The standard InChI is InChI=1S/C16H15FINO2/c1-19(10-12-5-2-3-8-15(12)17)16(20)11-21-14-7-4-6-13(18)9-14/h2-9H,10-11H2,1H3. The number of rotatable bonds is 5. The lowest BCUT2D eigenvalue weighted by Gasteiger charge is -2.18. The van der Waals surface area contributed by atoms with Crippen LogP contribution in [0.2, 0.25) is 0 Å². The fourth-order valence-electron chi connectivity index (χ4n) is 1.78. The summed E-state index contributed by atoms with van der Waals surface area (Å²) in [6.07, 6.45) is 0. The third-order valence-electron chi connectivity index (χ3n) is 2.95. The molecule has 0 N–H and O–H groups in total. The minimum absolute atomic E-state index is 0.0644. The molecule has 0 aromatic heterocycles. The van der Waals surface area contributed by atoms with Crippen LogP contribution < -0.4 is 4.74 Å². The first-order valence-electron chi connectivity index (χ1n) is 6.42. The third-order valence-corrected chi connectivity index (χ3v) is 3.62. The highest BCUT2D eigenvalue weighted by Crippen LogP contribution is 2.15. The van der Waals surface area contributed by atoms with Gasteiger partial charge in [-0.25, -0.2) is 4.39 Å². The summed E-state index contributed by atoms with van der Waals surface area (Å²) in [6.45, 7) is 0.159. The second-order valence-corrected chi connectivity index (χ2v) is 5.83. The van der Waals surface area contributed by atoms with Crippen LogP contribution in [-0.2, 0) is 11.3 Å². The molecule has 2 aromatic carbocycles. The second kappa shape index (κ2) is 7.40. The van der Waals surface area contributed by atoms with E-state index in [2.05, 4.69) is 22.6 Å². The molecular formula is C16H15FINO2. The first kappa shape index (κ1) is 15.8. The van der Waals surface area contributed by atoms with Crippen LogP contribution in [0.3, 0.4) is 0 Å². The van der Waals surface area contributed by atoms with Gasteiger partial charge in [-0.3, -0.25) is 4.79 Å². The van der Waals surface area contributed by atoms with Crippen molar-refractivity contribution in [2.75, 3.05) is 13.7 Å². The van der Waals surface area contributed by atoms with Gasteiger partial charge in [-0.1, -0.05) is 24.3 Å². The van der Waals surface area contributed by atoms with Gasteiger partial charge in [-0.05, 0) is 46.9 Å². The van der Waals surface area contributed by atoms with Gasteiger partial charge >= 0.3 is 0 Å². The maximum atomic E-state index is 13.5. The Hall–Kier alpha value is -1.63. The smallest absolute Gasteiger partial charge is 0.260 e. The molecule has 0 aliphatic heterocycles. The van der Waals surface area contributed by atoms with Crippen LogP contribution in [0, 0.1) is 9.39 Å². The highest BCUT2D eigenvalue weighted by Gasteiger charge is 2.12. The molecule has 0 saturated carbocycles. The van der Waals surface area contributed by atoms with Gasteiger partial charge in [0.15, 0.2) is 6.61 Å². The normalized spacial score (nSPS) is 10.2. The Morgan fingerprint density at radius 1 is 1.24 bits per heavy atom. The van der Waals surface area contributed by atoms with Gasteiger partial charge in [0.2, 0.25) is 0 Å². The number of carbonyl (C=O) groups excluding carboxylic acids is 1. The number of ether oxygens (including phenoxy) is 1. The molecule has 0 fully saturated rings. The summed E-state index contributed by atoms with van der Waals surface area (Å²) in [5.74, 6) is 0.141. The van der Waals surface area contributed by atoms with E-state index in [1.54, 1.807) is 31.3 Å². The molecule has 5 heteroatoms. The Labute approximate surface area is 136 Å². The van der Waals surface area contributed by atoms with Crippen LogP contribution in [0.1, 0.15) is 5.56 Å². The summed E-state index contributed by atoms with van der Waals surface area (Å²) in [4.78, 5) is 13.4. The lowest BCUT2D eigenvalue weighted by Crippen LogP contribution is -2.31. The van der Waals surface area contributed by atoms with Crippen molar-refractivity contribution in [1.29, 1.82) is 0 Å². The Kier molecular flexibility index (Phi) is 5.55. The molecule has 0 aliphatic rings. The van der Waals surface area contributed by atoms with E-state index in [4.69, 9.17) is 4.74 Å². The predicted octanol–water partition coefficient (Wildman–Crippen LogP) is 3.47. The number of carbonyl (C=O) groups is 1. The van der Waals surface area contributed by atoms with E-state index in [1.165, 1.54) is 11.0 Å². The molecular weight excluding hydrogens is 384 g/mol. The molecule has 0 heterocycles. The molecule has 2 aromatic rings. The summed E-state index contributed by atoms with van der Waals surface area (Å²) in [6, 6.07) is 13.9. The predicted molar refractivity (Wildman–Crippen MR) is 87.5 cm³/mol. The zero-order chi connectivity index (χ0) is 15.2. The van der Waals surface area contributed by atoms with Crippen molar-refractivity contribution in [2.24, 2.45) is 0 Å². The molecule has 2 rings (SSSR count). The second-order valence-electron chi connectivity index (χ2n) is 4.59. The fraction of sp³-hybridized carbons (Fsp3) is 0.188. The van der Waals surface area contributed by atoms with Crippen LogP contribution in [0.15, 0.2) is 48.5 Å². The highest BCUT2D eigenvalue weighted by atomic mass is 127. The molecule has 0 atom stereocenters. The molecule has 3 nitrogen and oxygen atoms in total. The van der Waals surface area contributed by atoms with E-state index < -0.39 is 0 Å². The van der Waals surface area contributed by atoms with Gasteiger partial charge in [0.25, 0.3) is 5.91 Å². The van der Waals surface area contributed by atoms with E-state index in [-0.39, 0.29) is 24.9 Å². The van der Waals surface area contributed by atoms with E-state index in [1.807, 2.05) is 18.2 Å². The summed E-state index contributed by atoms with van der Waals surface area (Å²) in [5, 5.41) is 0. The van der Waals surface area contributed by atoms with Crippen LogP contribution >= 0.6 is 22.6 Å². The molecule has 0 bridgehead atoms. The number of hydrogen-bond donors (Lipinski definition) is 0. The Bertz CT molecular complexity index is 633. The first-order chi connectivity index (χ1) is 10.1. The number of benzene rings is 2. The lowest BCUT2D eigenvalue weighted by molar-refractivity contribution is -0.132. The van der Waals surface area contributed by atoms with Gasteiger partial charge in [-0.15, -0.1) is 0 Å². The topological polar surface area (TPSA) is 29.5 Å². The monoisotopic (exact) mass is 399 g/mol. The van der Waals surface area contributed by atoms with Crippen LogP contribution in [-0.4, -0.2) is 24.5 Å². The minimum atomic E-state index is -0.310. The van der Waals surface area contributed by atoms with Crippen molar-refractivity contribution in [3.8, 4) is 5.75 Å². The maximum Gasteiger partial charge on any atom is 0.260 e. The van der Waals surface area contributed by atoms with E-state index >= 15 is 0 Å². The molecule has 0 aliphatic carbocycles. The van der Waals surface area contributed by atoms with Crippen molar-refractivity contribution >= 4 is 28.5 Å². The first-order valence-corrected chi connectivity index (χ1v) is 7.50. The van der Waals surface area contributed by atoms with Crippen molar-refractivity contribution in [1.82, 2.24) is 4.90 Å². The minimum Gasteiger partial charge on any atom is -0.484 e. The van der Waals surface area contributed by atoms with Crippen molar-refractivity contribution in [3.05, 3.63) is 63.5 Å². The van der Waals surface area contributed by atoms with Crippen molar-refractivity contribution < 1.29 is 13.9 Å². The summed E-state index contributed by atoms with van der Waals surface area (Å²) >= 11 is 2.18.